The van der Waals surface area contributed by atoms with Crippen LogP contribution in [0.2, 0.25) is 10.0 Å². The second-order valence-electron chi connectivity index (χ2n) is 5.39. The Bertz CT molecular complexity index is 482. The van der Waals surface area contributed by atoms with Crippen LogP contribution in [0.5, 0.6) is 0 Å². The fourth-order valence-corrected chi connectivity index (χ4v) is 3.34. The zero-order valence-electron chi connectivity index (χ0n) is 11.6. The summed E-state index contributed by atoms with van der Waals surface area (Å²) < 4.78 is 0. The molecule has 20 heavy (non-hydrogen) atoms. The lowest BCUT2D eigenvalue weighted by molar-refractivity contribution is 0.0905. The Balaban J connectivity index is 2.11. The summed E-state index contributed by atoms with van der Waals surface area (Å²) in [4.78, 5) is 12.3. The van der Waals surface area contributed by atoms with Gasteiger partial charge in [0.2, 0.25) is 0 Å². The van der Waals surface area contributed by atoms with Gasteiger partial charge in [0.1, 0.15) is 0 Å². The Hall–Kier alpha value is -0.930. The smallest absolute Gasteiger partial charge is 0.251 e. The van der Waals surface area contributed by atoms with Crippen LogP contribution in [0.3, 0.4) is 0 Å². The highest BCUT2D eigenvalue weighted by molar-refractivity contribution is 6.39. The van der Waals surface area contributed by atoms with Gasteiger partial charge in [-0.1, -0.05) is 49.4 Å². The minimum Gasteiger partial charge on any atom is -0.396 e. The van der Waals surface area contributed by atoms with E-state index in [2.05, 4.69) is 12.2 Å². The number of carbonyl (C=O) groups is 1. The maximum Gasteiger partial charge on any atom is 0.251 e. The zero-order chi connectivity index (χ0) is 14.7. The lowest BCUT2D eigenvalue weighted by atomic mass is 9.83. The Kier molecular flexibility index (Phi) is 5.17. The summed E-state index contributed by atoms with van der Waals surface area (Å²) in [6.45, 7) is 2.17. The van der Waals surface area contributed by atoms with Gasteiger partial charge in [-0.2, -0.15) is 0 Å². The van der Waals surface area contributed by atoms with E-state index in [0.29, 0.717) is 27.2 Å². The van der Waals surface area contributed by atoms with Gasteiger partial charge >= 0.3 is 0 Å². The SMILES string of the molecule is CCC1CCCCC1NC(=O)c1cc(Cl)c(N)c(Cl)c1. The summed E-state index contributed by atoms with van der Waals surface area (Å²) in [6, 6.07) is 3.39. The van der Waals surface area contributed by atoms with Crippen LogP contribution >= 0.6 is 23.2 Å². The van der Waals surface area contributed by atoms with Crippen molar-refractivity contribution in [1.82, 2.24) is 5.32 Å². The summed E-state index contributed by atoms with van der Waals surface area (Å²) in [6.07, 6.45) is 5.74. The number of nitrogens with two attached hydrogens (primary N) is 1. The van der Waals surface area contributed by atoms with Gasteiger partial charge in [-0.3, -0.25) is 4.79 Å². The van der Waals surface area contributed by atoms with E-state index in [-0.39, 0.29) is 11.9 Å². The average molecular weight is 315 g/mol. The summed E-state index contributed by atoms with van der Waals surface area (Å²) in [5, 5.41) is 3.75. The number of nitrogen functional groups attached to an aromatic ring is 1. The van der Waals surface area contributed by atoms with Crippen molar-refractivity contribution < 1.29 is 4.79 Å². The molecule has 5 heteroatoms. The fraction of sp³-hybridized carbons (Fsp3) is 0.533. The number of rotatable bonds is 3. The van der Waals surface area contributed by atoms with E-state index in [9.17, 15) is 4.79 Å². The van der Waals surface area contributed by atoms with Crippen LogP contribution in [0.25, 0.3) is 0 Å². The van der Waals surface area contributed by atoms with E-state index in [1.807, 2.05) is 0 Å². The highest BCUT2D eigenvalue weighted by atomic mass is 35.5. The molecule has 1 aliphatic carbocycles. The van der Waals surface area contributed by atoms with Crippen molar-refractivity contribution >= 4 is 34.8 Å². The molecule has 0 heterocycles. The standard InChI is InChI=1S/C15H20Cl2N2O/c1-2-9-5-3-4-6-13(9)19-15(20)10-7-11(16)14(18)12(17)8-10/h7-9,13H,2-6,18H2,1H3,(H,19,20). The third-order valence-electron chi connectivity index (χ3n) is 4.09. The number of anilines is 1. The van der Waals surface area contributed by atoms with Crippen molar-refractivity contribution in [2.24, 2.45) is 5.92 Å². The second kappa shape index (κ2) is 6.68. The largest absolute Gasteiger partial charge is 0.396 e. The van der Waals surface area contributed by atoms with E-state index >= 15 is 0 Å². The Labute approximate surface area is 129 Å². The number of halogens is 2. The molecule has 2 rings (SSSR count). The Morgan fingerprint density at radius 2 is 1.90 bits per heavy atom. The Morgan fingerprint density at radius 1 is 1.30 bits per heavy atom. The first kappa shape index (κ1) is 15.5. The highest BCUT2D eigenvalue weighted by Gasteiger charge is 2.25. The second-order valence-corrected chi connectivity index (χ2v) is 6.20. The predicted octanol–water partition coefficient (Wildman–Crippen LogP) is 4.27. The summed E-state index contributed by atoms with van der Waals surface area (Å²) in [5.41, 5.74) is 6.46. The molecule has 0 radical (unpaired) electrons. The molecular formula is C15H20Cl2N2O. The van der Waals surface area contributed by atoms with Crippen LogP contribution in [0.4, 0.5) is 5.69 Å². The average Bonchev–Trinajstić information content (AvgIpc) is 2.44. The van der Waals surface area contributed by atoms with Crippen molar-refractivity contribution in [2.45, 2.75) is 45.1 Å². The van der Waals surface area contributed by atoms with Crippen LogP contribution in [-0.4, -0.2) is 11.9 Å². The molecule has 0 saturated heterocycles. The molecule has 110 valence electrons. The van der Waals surface area contributed by atoms with E-state index in [4.69, 9.17) is 28.9 Å². The molecule has 0 aromatic heterocycles. The monoisotopic (exact) mass is 314 g/mol. The van der Waals surface area contributed by atoms with Crippen molar-refractivity contribution in [3.05, 3.63) is 27.7 Å². The molecule has 3 nitrogen and oxygen atoms in total. The Morgan fingerprint density at radius 3 is 2.50 bits per heavy atom. The van der Waals surface area contributed by atoms with Crippen LogP contribution in [-0.2, 0) is 0 Å². The van der Waals surface area contributed by atoms with Crippen molar-refractivity contribution in [3.63, 3.8) is 0 Å². The van der Waals surface area contributed by atoms with Gasteiger partial charge in [-0.15, -0.1) is 0 Å². The molecule has 1 amide bonds. The lowest BCUT2D eigenvalue weighted by Crippen LogP contribution is -2.41. The summed E-state index contributed by atoms with van der Waals surface area (Å²) in [7, 11) is 0. The maximum absolute atomic E-state index is 12.3. The number of benzene rings is 1. The van der Waals surface area contributed by atoms with Crippen molar-refractivity contribution in [3.8, 4) is 0 Å². The zero-order valence-corrected chi connectivity index (χ0v) is 13.1. The number of amides is 1. The number of nitrogens with one attached hydrogen (secondary N) is 1. The summed E-state index contributed by atoms with van der Waals surface area (Å²) in [5.74, 6) is 0.437. The minimum atomic E-state index is -0.126. The third-order valence-corrected chi connectivity index (χ3v) is 4.72. The molecule has 2 atom stereocenters. The molecular weight excluding hydrogens is 295 g/mol. The molecule has 1 aliphatic rings. The van der Waals surface area contributed by atoms with E-state index in [0.717, 1.165) is 12.8 Å². The van der Waals surface area contributed by atoms with Crippen LogP contribution < -0.4 is 11.1 Å². The number of hydrogen-bond donors (Lipinski definition) is 2. The van der Waals surface area contributed by atoms with Gasteiger partial charge in [-0.05, 0) is 30.9 Å². The first-order valence-corrected chi connectivity index (χ1v) is 7.84. The number of carbonyl (C=O) groups excluding carboxylic acids is 1. The molecule has 1 fully saturated rings. The predicted molar refractivity (Wildman–Crippen MR) is 84.4 cm³/mol. The van der Waals surface area contributed by atoms with Gasteiger partial charge < -0.3 is 11.1 Å². The van der Waals surface area contributed by atoms with E-state index in [1.165, 1.54) is 19.3 Å². The maximum atomic E-state index is 12.3. The highest BCUT2D eigenvalue weighted by Crippen LogP contribution is 2.30. The molecule has 3 N–H and O–H groups in total. The van der Waals surface area contributed by atoms with Gasteiger partial charge in [0.25, 0.3) is 5.91 Å². The molecule has 1 aromatic rings. The minimum absolute atomic E-state index is 0.126. The quantitative estimate of drug-likeness (QED) is 0.818. The van der Waals surface area contributed by atoms with Gasteiger partial charge in [0.05, 0.1) is 15.7 Å². The van der Waals surface area contributed by atoms with E-state index in [1.54, 1.807) is 12.1 Å². The molecule has 0 spiro atoms. The molecule has 1 saturated carbocycles. The van der Waals surface area contributed by atoms with E-state index < -0.39 is 0 Å². The normalized spacial score (nSPS) is 22.6. The molecule has 1 aromatic carbocycles. The van der Waals surface area contributed by atoms with Crippen LogP contribution in [0.1, 0.15) is 49.4 Å². The van der Waals surface area contributed by atoms with Crippen LogP contribution in [0.15, 0.2) is 12.1 Å². The lowest BCUT2D eigenvalue weighted by Gasteiger charge is -2.31. The van der Waals surface area contributed by atoms with Crippen molar-refractivity contribution in [1.29, 1.82) is 0 Å². The fourth-order valence-electron chi connectivity index (χ4n) is 2.85. The van der Waals surface area contributed by atoms with Crippen LogP contribution in [0, 0.1) is 5.92 Å². The first-order chi connectivity index (χ1) is 9.52. The molecule has 0 aliphatic heterocycles. The number of hydrogen-bond acceptors (Lipinski definition) is 2. The van der Waals surface area contributed by atoms with Gasteiger partial charge in [-0.25, -0.2) is 0 Å². The van der Waals surface area contributed by atoms with Gasteiger partial charge in [0, 0.05) is 11.6 Å². The molecule has 2 unspecified atom stereocenters. The molecule has 0 bridgehead atoms. The van der Waals surface area contributed by atoms with Gasteiger partial charge in [0.15, 0.2) is 0 Å². The first-order valence-electron chi connectivity index (χ1n) is 7.08. The topological polar surface area (TPSA) is 55.1 Å². The summed E-state index contributed by atoms with van der Waals surface area (Å²) >= 11 is 11.9. The third kappa shape index (κ3) is 3.39. The van der Waals surface area contributed by atoms with Crippen molar-refractivity contribution in [2.75, 3.05) is 5.73 Å².